The van der Waals surface area contributed by atoms with Gasteiger partial charge in [0.05, 0.1) is 0 Å². The van der Waals surface area contributed by atoms with Gasteiger partial charge in [-0.05, 0) is 6.04 Å². The second kappa shape index (κ2) is 14.7. The van der Waals surface area contributed by atoms with Gasteiger partial charge in [-0.3, -0.25) is 0 Å². The molecule has 0 aromatic heterocycles. The second-order valence-corrected chi connectivity index (χ2v) is 5.53. The molecule has 1 rings (SSSR count). The van der Waals surface area contributed by atoms with E-state index in [1.165, 1.54) is 25.7 Å². The Morgan fingerprint density at radius 3 is 1.67 bits per heavy atom. The van der Waals surface area contributed by atoms with Crippen molar-refractivity contribution >= 4 is 18.8 Å². The molecule has 1 fully saturated rings. The minimum absolute atomic E-state index is 0. The summed E-state index contributed by atoms with van der Waals surface area (Å²) in [4.78, 5) is 0. The van der Waals surface area contributed by atoms with Crippen LogP contribution in [0.2, 0.25) is 0 Å². The Bertz CT molecular complexity index is 74.6. The standard InChI is InChI=1S/C6H12N.2ClH.2H2O.Pt/c7-6-4-2-1-3-5-6;;;;;/h1,6H,2-5,7H2;2*1H;2*1H2;/q-1;;;;;+2/p-2. The number of hydrogen-bond acceptors (Lipinski definition) is 1. The first-order valence-electron chi connectivity index (χ1n) is 3.21. The molecule has 0 radical (unpaired) electrons. The average molecular weight is 400 g/mol. The van der Waals surface area contributed by atoms with E-state index < -0.39 is 16.5 Å². The van der Waals surface area contributed by atoms with E-state index in [2.05, 4.69) is 6.42 Å². The molecular weight excluding hydrogens is 384 g/mol. The van der Waals surface area contributed by atoms with Gasteiger partial charge in [-0.25, -0.2) is 0 Å². The molecule has 1 saturated carbocycles. The summed E-state index contributed by atoms with van der Waals surface area (Å²) in [5.74, 6) is 0. The molecule has 82 valence electrons. The van der Waals surface area contributed by atoms with Crippen LogP contribution in [-0.4, -0.2) is 17.0 Å². The van der Waals surface area contributed by atoms with E-state index in [-0.39, 0.29) is 11.0 Å². The Labute approximate surface area is 90.0 Å². The van der Waals surface area contributed by atoms with E-state index in [0.29, 0.717) is 6.04 Å². The zero-order chi connectivity index (χ0) is 7.82. The molecule has 6 N–H and O–H groups in total. The fraction of sp³-hybridized carbons (Fsp3) is 0.833. The molecule has 0 unspecified atom stereocenters. The predicted molar refractivity (Wildman–Crippen MR) is 49.7 cm³/mol. The van der Waals surface area contributed by atoms with Crippen molar-refractivity contribution in [1.82, 2.24) is 0 Å². The maximum atomic E-state index is 5.61. The van der Waals surface area contributed by atoms with Crippen molar-refractivity contribution in [3.8, 4) is 0 Å². The normalized spacial score (nSPS) is 16.6. The number of nitrogens with two attached hydrogens (primary N) is 1. The van der Waals surface area contributed by atoms with Gasteiger partial charge in [0, 0.05) is 0 Å². The molecule has 12 heavy (non-hydrogen) atoms. The molecular formula is C6H16Cl2NO2Pt-. The van der Waals surface area contributed by atoms with Gasteiger partial charge in [0.2, 0.25) is 0 Å². The van der Waals surface area contributed by atoms with Crippen molar-refractivity contribution < 1.29 is 27.4 Å². The molecule has 0 aromatic rings. The minimum atomic E-state index is -0.472. The van der Waals surface area contributed by atoms with E-state index in [1.54, 1.807) is 0 Å². The molecule has 0 amide bonds. The van der Waals surface area contributed by atoms with Crippen molar-refractivity contribution in [3.63, 3.8) is 0 Å². The van der Waals surface area contributed by atoms with Gasteiger partial charge in [0.15, 0.2) is 0 Å². The van der Waals surface area contributed by atoms with Crippen molar-refractivity contribution in [2.75, 3.05) is 0 Å². The van der Waals surface area contributed by atoms with Crippen molar-refractivity contribution in [2.24, 2.45) is 5.73 Å². The molecule has 0 atom stereocenters. The molecule has 0 bridgehead atoms. The van der Waals surface area contributed by atoms with Crippen LogP contribution in [0.3, 0.4) is 0 Å². The van der Waals surface area contributed by atoms with Gasteiger partial charge in [-0.2, -0.15) is 12.8 Å². The molecule has 0 saturated heterocycles. The fourth-order valence-electron chi connectivity index (χ4n) is 0.953. The summed E-state index contributed by atoms with van der Waals surface area (Å²) in [5.41, 5.74) is 5.61. The van der Waals surface area contributed by atoms with Crippen LogP contribution >= 0.6 is 18.8 Å². The van der Waals surface area contributed by atoms with Crippen LogP contribution in [-0.2, 0) is 16.5 Å². The Balaban J connectivity index is -0.000000146. The van der Waals surface area contributed by atoms with Crippen molar-refractivity contribution in [3.05, 3.63) is 6.42 Å². The summed E-state index contributed by atoms with van der Waals surface area (Å²) in [5, 5.41) is 0. The monoisotopic (exact) mass is 399 g/mol. The zero-order valence-electron chi connectivity index (χ0n) is 6.63. The van der Waals surface area contributed by atoms with E-state index >= 15 is 0 Å². The third-order valence-corrected chi connectivity index (χ3v) is 1.48. The molecule has 0 heterocycles. The van der Waals surface area contributed by atoms with E-state index in [9.17, 15) is 0 Å². The molecule has 1 aliphatic carbocycles. The molecule has 0 spiro atoms. The number of halogens is 2. The summed E-state index contributed by atoms with van der Waals surface area (Å²) in [7, 11) is 9.75. The van der Waals surface area contributed by atoms with Gasteiger partial charge < -0.3 is 23.1 Å². The Kier molecular flexibility index (Phi) is 23.0. The van der Waals surface area contributed by atoms with Crippen LogP contribution < -0.4 is 5.73 Å². The second-order valence-electron chi connectivity index (χ2n) is 2.25. The summed E-state index contributed by atoms with van der Waals surface area (Å²) >= 11 is -0.472. The Hall–Kier alpha value is 1.15. The van der Waals surface area contributed by atoms with Gasteiger partial charge in [-0.1, -0.05) is 12.8 Å². The molecule has 0 aromatic carbocycles. The Morgan fingerprint density at radius 2 is 1.50 bits per heavy atom. The van der Waals surface area contributed by atoms with Crippen molar-refractivity contribution in [1.29, 1.82) is 0 Å². The van der Waals surface area contributed by atoms with Gasteiger partial charge in [0.1, 0.15) is 0 Å². The zero-order valence-corrected chi connectivity index (χ0v) is 10.4. The Morgan fingerprint density at radius 1 is 1.17 bits per heavy atom. The SMILES string of the molecule is NC1CC[CH-]CC1.O.O.[Cl][Pt][Cl]. The van der Waals surface area contributed by atoms with E-state index in [1.807, 2.05) is 0 Å². The van der Waals surface area contributed by atoms with Crippen LogP contribution in [0, 0.1) is 6.42 Å². The van der Waals surface area contributed by atoms with Crippen LogP contribution in [0.4, 0.5) is 0 Å². The summed E-state index contributed by atoms with van der Waals surface area (Å²) in [6.45, 7) is 0. The van der Waals surface area contributed by atoms with Gasteiger partial charge in [0.25, 0.3) is 0 Å². The molecule has 1 aliphatic rings. The topological polar surface area (TPSA) is 89.0 Å². The number of hydrogen-bond donors (Lipinski definition) is 1. The molecule has 0 aliphatic heterocycles. The first kappa shape index (κ1) is 18.8. The fourth-order valence-corrected chi connectivity index (χ4v) is 0.953. The van der Waals surface area contributed by atoms with Crippen LogP contribution in [0.5, 0.6) is 0 Å². The summed E-state index contributed by atoms with van der Waals surface area (Å²) in [6.07, 6.45) is 7.21. The third kappa shape index (κ3) is 13.7. The third-order valence-electron chi connectivity index (χ3n) is 1.48. The maximum absolute atomic E-state index is 5.61. The first-order chi connectivity index (χ1) is 4.81. The quantitative estimate of drug-likeness (QED) is 0.600. The van der Waals surface area contributed by atoms with Crippen LogP contribution in [0.15, 0.2) is 0 Å². The average Bonchev–Trinajstić information content (AvgIpc) is 1.91. The summed E-state index contributed by atoms with van der Waals surface area (Å²) in [6, 6.07) is 0.505. The van der Waals surface area contributed by atoms with E-state index in [4.69, 9.17) is 24.6 Å². The van der Waals surface area contributed by atoms with Crippen LogP contribution in [0.25, 0.3) is 0 Å². The first-order valence-corrected chi connectivity index (χ1v) is 8.84. The van der Waals surface area contributed by atoms with Gasteiger partial charge in [-0.15, -0.1) is 0 Å². The molecule has 6 heteroatoms. The van der Waals surface area contributed by atoms with Gasteiger partial charge >= 0.3 is 35.3 Å². The van der Waals surface area contributed by atoms with Crippen molar-refractivity contribution in [2.45, 2.75) is 31.7 Å². The predicted octanol–water partition coefficient (Wildman–Crippen LogP) is 0.819. The van der Waals surface area contributed by atoms with Crippen LogP contribution in [0.1, 0.15) is 25.7 Å². The molecule has 3 nitrogen and oxygen atoms in total. The number of rotatable bonds is 0. The summed E-state index contributed by atoms with van der Waals surface area (Å²) < 4.78 is 0. The van der Waals surface area contributed by atoms with E-state index in [0.717, 1.165) is 0 Å².